The molecule has 0 saturated heterocycles. The highest BCUT2D eigenvalue weighted by Gasteiger charge is 2.10. The van der Waals surface area contributed by atoms with Gasteiger partial charge >= 0.3 is 0 Å². The Balaban J connectivity index is 2.53. The van der Waals surface area contributed by atoms with Crippen molar-refractivity contribution >= 4 is 5.88 Å². The number of nitrogen functional groups attached to an aromatic ring is 1. The molecule has 13 heavy (non-hydrogen) atoms. The molecule has 4 nitrogen and oxygen atoms in total. The van der Waals surface area contributed by atoms with Crippen molar-refractivity contribution in [1.29, 1.82) is 0 Å². The van der Waals surface area contributed by atoms with Crippen LogP contribution in [0.5, 0.6) is 0 Å². The van der Waals surface area contributed by atoms with Gasteiger partial charge in [0.1, 0.15) is 5.69 Å². The van der Waals surface area contributed by atoms with Gasteiger partial charge in [-0.1, -0.05) is 11.2 Å². The van der Waals surface area contributed by atoms with Crippen molar-refractivity contribution in [3.63, 3.8) is 0 Å². The second-order valence-electron chi connectivity index (χ2n) is 2.74. The lowest BCUT2D eigenvalue weighted by Gasteiger charge is -1.93. The molecule has 66 valence electrons. The molecule has 2 aromatic heterocycles. The minimum Gasteiger partial charge on any atom is -0.367 e. The molecular formula is C9H9N3O. The molecule has 0 aliphatic carbocycles. The summed E-state index contributed by atoms with van der Waals surface area (Å²) in [7, 11) is 0. The lowest BCUT2D eigenvalue weighted by Crippen LogP contribution is -1.86. The highest BCUT2D eigenvalue weighted by Crippen LogP contribution is 2.23. The van der Waals surface area contributed by atoms with Crippen LogP contribution >= 0.6 is 0 Å². The van der Waals surface area contributed by atoms with Gasteiger partial charge in [-0.15, -0.1) is 0 Å². The van der Waals surface area contributed by atoms with Crippen LogP contribution < -0.4 is 5.73 Å². The van der Waals surface area contributed by atoms with Crippen LogP contribution in [0.15, 0.2) is 28.9 Å². The zero-order valence-corrected chi connectivity index (χ0v) is 7.19. The number of pyridine rings is 1. The van der Waals surface area contributed by atoms with Gasteiger partial charge in [-0.05, 0) is 19.1 Å². The smallest absolute Gasteiger partial charge is 0.225 e. The van der Waals surface area contributed by atoms with Gasteiger partial charge in [0.2, 0.25) is 5.88 Å². The number of anilines is 1. The fraction of sp³-hybridized carbons (Fsp3) is 0.111. The molecule has 0 fully saturated rings. The lowest BCUT2D eigenvalue weighted by atomic mass is 10.2. The molecule has 2 N–H and O–H groups in total. The number of nitrogens with two attached hydrogens (primary N) is 1. The summed E-state index contributed by atoms with van der Waals surface area (Å²) in [6, 6.07) is 5.61. The summed E-state index contributed by atoms with van der Waals surface area (Å²) in [6.07, 6.45) is 1.71. The van der Waals surface area contributed by atoms with Gasteiger partial charge in [0.05, 0.1) is 5.69 Å². The number of hydrogen-bond donors (Lipinski definition) is 1. The predicted octanol–water partition coefficient (Wildman–Crippen LogP) is 1.63. The zero-order valence-electron chi connectivity index (χ0n) is 7.19. The van der Waals surface area contributed by atoms with Gasteiger partial charge in [0.25, 0.3) is 0 Å². The fourth-order valence-electron chi connectivity index (χ4n) is 1.09. The topological polar surface area (TPSA) is 64.9 Å². The molecule has 4 heteroatoms. The first-order valence-electron chi connectivity index (χ1n) is 3.92. The van der Waals surface area contributed by atoms with E-state index in [2.05, 4.69) is 10.1 Å². The van der Waals surface area contributed by atoms with Crippen molar-refractivity contribution in [2.75, 3.05) is 5.73 Å². The van der Waals surface area contributed by atoms with E-state index in [0.717, 1.165) is 11.3 Å². The van der Waals surface area contributed by atoms with Gasteiger partial charge in [-0.2, -0.15) is 0 Å². The Labute approximate surface area is 75.4 Å². The van der Waals surface area contributed by atoms with Crippen molar-refractivity contribution < 1.29 is 4.52 Å². The molecule has 0 saturated carbocycles. The second kappa shape index (κ2) is 2.90. The van der Waals surface area contributed by atoms with E-state index in [-0.39, 0.29) is 0 Å². The summed E-state index contributed by atoms with van der Waals surface area (Å²) in [4.78, 5) is 4.15. The van der Waals surface area contributed by atoms with Gasteiger partial charge in [-0.25, -0.2) is 0 Å². The van der Waals surface area contributed by atoms with Crippen LogP contribution in [-0.4, -0.2) is 10.1 Å². The third kappa shape index (κ3) is 1.26. The maximum atomic E-state index is 5.52. The summed E-state index contributed by atoms with van der Waals surface area (Å²) < 4.78 is 4.84. The van der Waals surface area contributed by atoms with E-state index in [4.69, 9.17) is 10.3 Å². The van der Waals surface area contributed by atoms with Crippen LogP contribution in [0.2, 0.25) is 0 Å². The molecule has 0 bridgehead atoms. The highest BCUT2D eigenvalue weighted by molar-refractivity contribution is 5.62. The summed E-state index contributed by atoms with van der Waals surface area (Å²) in [5, 5.41) is 3.82. The fourth-order valence-corrected chi connectivity index (χ4v) is 1.09. The third-order valence-corrected chi connectivity index (χ3v) is 1.87. The Morgan fingerprint density at radius 2 is 2.23 bits per heavy atom. The molecule has 0 aliphatic rings. The minimum atomic E-state index is 0.348. The average molecular weight is 175 g/mol. The second-order valence-corrected chi connectivity index (χ2v) is 2.74. The molecule has 2 rings (SSSR count). The Kier molecular flexibility index (Phi) is 1.73. The lowest BCUT2D eigenvalue weighted by molar-refractivity contribution is 0.438. The van der Waals surface area contributed by atoms with E-state index >= 15 is 0 Å². The van der Waals surface area contributed by atoms with E-state index in [1.165, 1.54) is 0 Å². The zero-order chi connectivity index (χ0) is 9.26. The number of aromatic nitrogens is 2. The first-order chi connectivity index (χ1) is 6.29. The van der Waals surface area contributed by atoms with E-state index < -0.39 is 0 Å². The Bertz CT molecular complexity index is 408. The van der Waals surface area contributed by atoms with Crippen molar-refractivity contribution in [2.45, 2.75) is 6.92 Å². The van der Waals surface area contributed by atoms with Crippen molar-refractivity contribution in [3.05, 3.63) is 30.0 Å². The van der Waals surface area contributed by atoms with Crippen LogP contribution in [0.25, 0.3) is 11.4 Å². The number of nitrogens with zero attached hydrogens (tertiary/aromatic N) is 2. The maximum Gasteiger partial charge on any atom is 0.225 e. The number of hydrogen-bond acceptors (Lipinski definition) is 4. The Morgan fingerprint density at radius 3 is 2.77 bits per heavy atom. The molecule has 2 heterocycles. The normalized spacial score (nSPS) is 10.2. The molecule has 0 spiro atoms. The Hall–Kier alpha value is -1.84. The molecule has 0 atom stereocenters. The minimum absolute atomic E-state index is 0.348. The van der Waals surface area contributed by atoms with Crippen LogP contribution in [0.3, 0.4) is 0 Å². The molecule has 0 radical (unpaired) electrons. The third-order valence-electron chi connectivity index (χ3n) is 1.87. The van der Waals surface area contributed by atoms with Gasteiger partial charge in [0, 0.05) is 11.8 Å². The Morgan fingerprint density at radius 1 is 1.38 bits per heavy atom. The standard InChI is InChI=1S/C9H9N3O/c1-6-8(12-13-9(6)10)7-4-2-3-5-11-7/h2-5H,10H2,1H3. The first-order valence-corrected chi connectivity index (χ1v) is 3.92. The maximum absolute atomic E-state index is 5.52. The first kappa shape index (κ1) is 7.79. The van der Waals surface area contributed by atoms with E-state index in [1.54, 1.807) is 6.20 Å². The van der Waals surface area contributed by atoms with Crippen molar-refractivity contribution in [1.82, 2.24) is 10.1 Å². The highest BCUT2D eigenvalue weighted by atomic mass is 16.5. The SMILES string of the molecule is Cc1c(-c2ccccn2)noc1N. The van der Waals surface area contributed by atoms with E-state index in [9.17, 15) is 0 Å². The van der Waals surface area contributed by atoms with E-state index in [0.29, 0.717) is 11.6 Å². The summed E-state index contributed by atoms with van der Waals surface area (Å²) >= 11 is 0. The van der Waals surface area contributed by atoms with Crippen molar-refractivity contribution in [3.8, 4) is 11.4 Å². The average Bonchev–Trinajstić information content (AvgIpc) is 2.49. The largest absolute Gasteiger partial charge is 0.367 e. The quantitative estimate of drug-likeness (QED) is 0.715. The predicted molar refractivity (Wildman–Crippen MR) is 48.9 cm³/mol. The molecular weight excluding hydrogens is 166 g/mol. The van der Waals surface area contributed by atoms with Crippen LogP contribution in [-0.2, 0) is 0 Å². The summed E-state index contributed by atoms with van der Waals surface area (Å²) in [6.45, 7) is 1.86. The van der Waals surface area contributed by atoms with Crippen LogP contribution in [0, 0.1) is 6.92 Å². The van der Waals surface area contributed by atoms with Crippen molar-refractivity contribution in [2.24, 2.45) is 0 Å². The van der Waals surface area contributed by atoms with Gasteiger partial charge in [0.15, 0.2) is 0 Å². The van der Waals surface area contributed by atoms with Crippen LogP contribution in [0.4, 0.5) is 5.88 Å². The molecule has 0 aliphatic heterocycles. The molecule has 0 unspecified atom stereocenters. The van der Waals surface area contributed by atoms with E-state index in [1.807, 2.05) is 25.1 Å². The molecule has 0 amide bonds. The van der Waals surface area contributed by atoms with Crippen LogP contribution in [0.1, 0.15) is 5.56 Å². The molecule has 0 aromatic carbocycles. The molecule has 2 aromatic rings. The summed E-state index contributed by atoms with van der Waals surface area (Å²) in [5.74, 6) is 0.348. The van der Waals surface area contributed by atoms with Gasteiger partial charge < -0.3 is 10.3 Å². The number of rotatable bonds is 1. The monoisotopic (exact) mass is 175 g/mol. The summed E-state index contributed by atoms with van der Waals surface area (Å²) in [5.41, 5.74) is 7.84. The van der Waals surface area contributed by atoms with Gasteiger partial charge in [-0.3, -0.25) is 4.98 Å².